The zero-order valence-corrected chi connectivity index (χ0v) is 9.66. The number of nitrogens with one attached hydrogen (secondary N) is 1. The number of rotatable bonds is 4. The average molecular weight is 198 g/mol. The van der Waals surface area contributed by atoms with Gasteiger partial charge in [-0.25, -0.2) is 4.98 Å². The molecule has 2 nitrogen and oxygen atoms in total. The molecule has 0 amide bonds. The van der Waals surface area contributed by atoms with Gasteiger partial charge in [-0.15, -0.1) is 11.3 Å². The first-order chi connectivity index (χ1) is 6.10. The van der Waals surface area contributed by atoms with Crippen molar-refractivity contribution in [2.24, 2.45) is 0 Å². The van der Waals surface area contributed by atoms with E-state index in [0.29, 0.717) is 0 Å². The third-order valence-corrected chi connectivity index (χ3v) is 3.43. The van der Waals surface area contributed by atoms with Crippen LogP contribution in [0, 0.1) is 0 Å². The highest BCUT2D eigenvalue weighted by Gasteiger charge is 2.21. The maximum atomic E-state index is 4.60. The zero-order valence-electron chi connectivity index (χ0n) is 8.85. The van der Waals surface area contributed by atoms with Gasteiger partial charge in [0.15, 0.2) is 0 Å². The van der Waals surface area contributed by atoms with Gasteiger partial charge < -0.3 is 5.32 Å². The molecule has 0 atom stereocenters. The summed E-state index contributed by atoms with van der Waals surface area (Å²) in [4.78, 5) is 4.60. The van der Waals surface area contributed by atoms with Crippen molar-refractivity contribution in [3.05, 3.63) is 16.1 Å². The lowest BCUT2D eigenvalue weighted by atomic mass is 10.1. The zero-order chi connectivity index (χ0) is 9.90. The van der Waals surface area contributed by atoms with E-state index in [1.807, 2.05) is 7.05 Å². The highest BCUT2D eigenvalue weighted by atomic mass is 32.1. The molecule has 0 aromatic carbocycles. The van der Waals surface area contributed by atoms with Crippen LogP contribution in [-0.2, 0) is 12.0 Å². The molecule has 13 heavy (non-hydrogen) atoms. The number of aryl methyl sites for hydroxylation is 1. The lowest BCUT2D eigenvalue weighted by Crippen LogP contribution is -2.32. The van der Waals surface area contributed by atoms with Gasteiger partial charge in [-0.05, 0) is 27.3 Å². The quantitative estimate of drug-likeness (QED) is 0.804. The number of hydrogen-bond donors (Lipinski definition) is 1. The first-order valence-electron chi connectivity index (χ1n) is 4.74. The van der Waals surface area contributed by atoms with Crippen molar-refractivity contribution in [1.29, 1.82) is 0 Å². The Morgan fingerprint density at radius 2 is 2.23 bits per heavy atom. The van der Waals surface area contributed by atoms with Crippen molar-refractivity contribution in [3.8, 4) is 0 Å². The molecule has 1 heterocycles. The Hall–Kier alpha value is -0.410. The van der Waals surface area contributed by atoms with E-state index >= 15 is 0 Å². The summed E-state index contributed by atoms with van der Waals surface area (Å²) >= 11 is 1.75. The van der Waals surface area contributed by atoms with E-state index in [-0.39, 0.29) is 5.54 Å². The lowest BCUT2D eigenvalue weighted by molar-refractivity contribution is 0.441. The molecule has 3 heteroatoms. The lowest BCUT2D eigenvalue weighted by Gasteiger charge is -2.20. The molecule has 0 fully saturated rings. The molecule has 0 unspecified atom stereocenters. The second kappa shape index (κ2) is 4.20. The second-order valence-electron chi connectivity index (χ2n) is 3.77. The Morgan fingerprint density at radius 3 is 2.77 bits per heavy atom. The molecule has 0 aliphatic rings. The van der Waals surface area contributed by atoms with E-state index in [0.717, 1.165) is 6.42 Å². The minimum atomic E-state index is 0.0106. The van der Waals surface area contributed by atoms with E-state index in [1.165, 1.54) is 17.1 Å². The van der Waals surface area contributed by atoms with Crippen LogP contribution < -0.4 is 5.32 Å². The Kier molecular flexibility index (Phi) is 3.45. The highest BCUT2D eigenvalue weighted by Crippen LogP contribution is 2.23. The van der Waals surface area contributed by atoms with Gasteiger partial charge in [0.25, 0.3) is 0 Å². The first kappa shape index (κ1) is 10.7. The topological polar surface area (TPSA) is 24.9 Å². The van der Waals surface area contributed by atoms with E-state index in [9.17, 15) is 0 Å². The molecule has 1 N–H and O–H groups in total. The van der Waals surface area contributed by atoms with Gasteiger partial charge in [0, 0.05) is 5.38 Å². The second-order valence-corrected chi connectivity index (χ2v) is 4.63. The molecule has 0 saturated carbocycles. The monoisotopic (exact) mass is 198 g/mol. The van der Waals surface area contributed by atoms with E-state index in [4.69, 9.17) is 0 Å². The van der Waals surface area contributed by atoms with Gasteiger partial charge in [0.1, 0.15) is 5.01 Å². The van der Waals surface area contributed by atoms with Crippen molar-refractivity contribution in [2.45, 2.75) is 39.2 Å². The number of aromatic nitrogens is 1. The van der Waals surface area contributed by atoms with Crippen LogP contribution in [0.5, 0.6) is 0 Å². The van der Waals surface area contributed by atoms with Crippen LogP contribution in [0.15, 0.2) is 5.38 Å². The summed E-state index contributed by atoms with van der Waals surface area (Å²) in [5.74, 6) is 0. The van der Waals surface area contributed by atoms with Crippen molar-refractivity contribution in [1.82, 2.24) is 10.3 Å². The van der Waals surface area contributed by atoms with Crippen molar-refractivity contribution >= 4 is 11.3 Å². The summed E-state index contributed by atoms with van der Waals surface area (Å²) < 4.78 is 0. The van der Waals surface area contributed by atoms with Crippen LogP contribution in [0.3, 0.4) is 0 Å². The van der Waals surface area contributed by atoms with Crippen molar-refractivity contribution in [3.63, 3.8) is 0 Å². The van der Waals surface area contributed by atoms with Crippen LogP contribution in [0.4, 0.5) is 0 Å². The summed E-state index contributed by atoms with van der Waals surface area (Å²) in [6.45, 7) is 6.49. The predicted molar refractivity (Wildman–Crippen MR) is 58.2 cm³/mol. The summed E-state index contributed by atoms with van der Waals surface area (Å²) in [6, 6.07) is 0. The molecule has 0 radical (unpaired) electrons. The van der Waals surface area contributed by atoms with Crippen molar-refractivity contribution in [2.75, 3.05) is 7.05 Å². The van der Waals surface area contributed by atoms with Crippen LogP contribution in [-0.4, -0.2) is 12.0 Å². The number of nitrogens with zero attached hydrogens (tertiary/aromatic N) is 1. The Morgan fingerprint density at radius 1 is 1.54 bits per heavy atom. The number of hydrogen-bond acceptors (Lipinski definition) is 3. The van der Waals surface area contributed by atoms with E-state index < -0.39 is 0 Å². The minimum Gasteiger partial charge on any atom is -0.309 e. The van der Waals surface area contributed by atoms with Crippen LogP contribution >= 0.6 is 11.3 Å². The number of thiazole rings is 1. The standard InChI is InChI=1S/C10H18N2S/c1-5-6-8-7-13-9(12-8)10(2,3)11-4/h7,11H,5-6H2,1-4H3. The Bertz CT molecular complexity index is 266. The minimum absolute atomic E-state index is 0.0106. The molecule has 0 aliphatic carbocycles. The van der Waals surface area contributed by atoms with Gasteiger partial charge in [-0.1, -0.05) is 13.3 Å². The molecular formula is C10H18N2S. The van der Waals surface area contributed by atoms with Gasteiger partial charge in [-0.2, -0.15) is 0 Å². The average Bonchev–Trinajstić information content (AvgIpc) is 2.54. The maximum absolute atomic E-state index is 4.60. The van der Waals surface area contributed by atoms with Gasteiger partial charge in [0.05, 0.1) is 11.2 Å². The van der Waals surface area contributed by atoms with Crippen molar-refractivity contribution < 1.29 is 0 Å². The third kappa shape index (κ3) is 2.51. The summed E-state index contributed by atoms with van der Waals surface area (Å²) in [7, 11) is 1.97. The van der Waals surface area contributed by atoms with Crippen LogP contribution in [0.2, 0.25) is 0 Å². The fourth-order valence-electron chi connectivity index (χ4n) is 1.07. The summed E-state index contributed by atoms with van der Waals surface area (Å²) in [6.07, 6.45) is 2.26. The van der Waals surface area contributed by atoms with Gasteiger partial charge in [0.2, 0.25) is 0 Å². The maximum Gasteiger partial charge on any atom is 0.112 e. The highest BCUT2D eigenvalue weighted by molar-refractivity contribution is 7.09. The normalized spacial score (nSPS) is 12.0. The first-order valence-corrected chi connectivity index (χ1v) is 5.62. The largest absolute Gasteiger partial charge is 0.309 e. The summed E-state index contributed by atoms with van der Waals surface area (Å²) in [5.41, 5.74) is 1.24. The van der Waals surface area contributed by atoms with Crippen LogP contribution in [0.1, 0.15) is 37.9 Å². The van der Waals surface area contributed by atoms with E-state index in [2.05, 4.69) is 36.5 Å². The fraction of sp³-hybridized carbons (Fsp3) is 0.700. The van der Waals surface area contributed by atoms with Crippen LogP contribution in [0.25, 0.3) is 0 Å². The molecule has 0 saturated heterocycles. The Balaban J connectivity index is 2.79. The third-order valence-electron chi connectivity index (χ3n) is 2.22. The predicted octanol–water partition coefficient (Wildman–Crippen LogP) is 2.55. The molecule has 1 aromatic heterocycles. The molecule has 74 valence electrons. The Labute approximate surface area is 84.4 Å². The molecule has 0 spiro atoms. The molecule has 0 bridgehead atoms. The van der Waals surface area contributed by atoms with Gasteiger partial charge in [-0.3, -0.25) is 0 Å². The smallest absolute Gasteiger partial charge is 0.112 e. The molecule has 1 rings (SSSR count). The molecule has 0 aliphatic heterocycles. The summed E-state index contributed by atoms with van der Waals surface area (Å²) in [5, 5.41) is 6.60. The van der Waals surface area contributed by atoms with E-state index in [1.54, 1.807) is 11.3 Å². The molecular weight excluding hydrogens is 180 g/mol. The molecule has 1 aromatic rings. The SMILES string of the molecule is CCCc1csc(C(C)(C)NC)n1. The van der Waals surface area contributed by atoms with Gasteiger partial charge >= 0.3 is 0 Å². The fourth-order valence-corrected chi connectivity index (χ4v) is 2.06.